The third-order valence-corrected chi connectivity index (χ3v) is 6.12. The Hall–Kier alpha value is -4.08. The Morgan fingerprint density at radius 1 is 1.24 bits per heavy atom. The lowest BCUT2D eigenvalue weighted by Gasteiger charge is -2.29. The molecule has 2 heterocycles. The highest BCUT2D eigenvalue weighted by atomic mass is 16.2. The SMILES string of the molecule is C=CC(=O)NC1CC[C@@H](N(C)c2nnc(C(N)=O)c(Nc3ccc4ncccc4c3)n2)[C@H]1C. The Kier molecular flexibility index (Phi) is 6.16. The molecular formula is C23H26N8O2. The molecule has 1 aromatic carbocycles. The maximum atomic E-state index is 12.0. The van der Waals surface area contributed by atoms with Crippen molar-refractivity contribution in [2.75, 3.05) is 17.3 Å². The normalized spacial score (nSPS) is 19.8. The summed E-state index contributed by atoms with van der Waals surface area (Å²) in [7, 11) is 1.88. The highest BCUT2D eigenvalue weighted by Crippen LogP contribution is 2.32. The number of nitrogens with zero attached hydrogens (tertiary/aromatic N) is 5. The van der Waals surface area contributed by atoms with Crippen LogP contribution >= 0.6 is 0 Å². The summed E-state index contributed by atoms with van der Waals surface area (Å²) in [6, 6.07) is 9.55. The lowest BCUT2D eigenvalue weighted by Crippen LogP contribution is -2.42. The molecule has 10 nitrogen and oxygen atoms in total. The number of rotatable bonds is 7. The molecule has 2 aromatic heterocycles. The highest BCUT2D eigenvalue weighted by Gasteiger charge is 2.37. The van der Waals surface area contributed by atoms with Crippen LogP contribution in [0.15, 0.2) is 49.2 Å². The molecule has 2 amide bonds. The van der Waals surface area contributed by atoms with Gasteiger partial charge in [0.1, 0.15) is 0 Å². The van der Waals surface area contributed by atoms with Gasteiger partial charge < -0.3 is 21.3 Å². The van der Waals surface area contributed by atoms with Crippen LogP contribution < -0.4 is 21.3 Å². The Bertz CT molecular complexity index is 1210. The van der Waals surface area contributed by atoms with Gasteiger partial charge >= 0.3 is 0 Å². The molecule has 1 fully saturated rings. The van der Waals surface area contributed by atoms with E-state index in [1.165, 1.54) is 6.08 Å². The molecule has 10 heteroatoms. The van der Waals surface area contributed by atoms with Crippen LogP contribution in [0.4, 0.5) is 17.5 Å². The summed E-state index contributed by atoms with van der Waals surface area (Å²) in [5, 5.41) is 15.3. The van der Waals surface area contributed by atoms with Gasteiger partial charge in [-0.1, -0.05) is 19.6 Å². The smallest absolute Gasteiger partial charge is 0.273 e. The van der Waals surface area contributed by atoms with Crippen LogP contribution in [0.1, 0.15) is 30.3 Å². The van der Waals surface area contributed by atoms with E-state index in [-0.39, 0.29) is 35.4 Å². The lowest BCUT2D eigenvalue weighted by molar-refractivity contribution is -0.117. The predicted octanol–water partition coefficient (Wildman–Crippen LogP) is 2.17. The van der Waals surface area contributed by atoms with E-state index in [2.05, 4.69) is 44.3 Å². The number of hydrogen-bond donors (Lipinski definition) is 3. The fourth-order valence-electron chi connectivity index (χ4n) is 4.29. The number of fused-ring (bicyclic) bond motifs is 1. The van der Waals surface area contributed by atoms with Crippen LogP contribution in [0.25, 0.3) is 10.9 Å². The molecule has 4 rings (SSSR count). The van der Waals surface area contributed by atoms with Crippen LogP contribution in [0.5, 0.6) is 0 Å². The van der Waals surface area contributed by atoms with Crippen molar-refractivity contribution < 1.29 is 9.59 Å². The van der Waals surface area contributed by atoms with E-state index in [0.29, 0.717) is 11.6 Å². The van der Waals surface area contributed by atoms with E-state index in [9.17, 15) is 9.59 Å². The van der Waals surface area contributed by atoms with Gasteiger partial charge in [0.15, 0.2) is 11.5 Å². The molecule has 4 N–H and O–H groups in total. The number of anilines is 3. The molecule has 1 aliphatic rings. The number of carbonyl (C=O) groups excluding carboxylic acids is 2. The van der Waals surface area contributed by atoms with Gasteiger partial charge in [0.25, 0.3) is 5.91 Å². The lowest BCUT2D eigenvalue weighted by atomic mass is 10.0. The van der Waals surface area contributed by atoms with E-state index >= 15 is 0 Å². The van der Waals surface area contributed by atoms with Crippen molar-refractivity contribution >= 4 is 40.2 Å². The van der Waals surface area contributed by atoms with Crippen LogP contribution in [-0.2, 0) is 4.79 Å². The molecular weight excluding hydrogens is 420 g/mol. The molecule has 0 spiro atoms. The van der Waals surface area contributed by atoms with Crippen molar-refractivity contribution in [1.29, 1.82) is 0 Å². The molecule has 0 saturated heterocycles. The molecule has 3 atom stereocenters. The van der Waals surface area contributed by atoms with Crippen LogP contribution in [0.3, 0.4) is 0 Å². The average molecular weight is 447 g/mol. The number of primary amides is 1. The number of carbonyl (C=O) groups is 2. The zero-order valence-electron chi connectivity index (χ0n) is 18.5. The zero-order valence-corrected chi connectivity index (χ0v) is 18.5. The first-order valence-corrected chi connectivity index (χ1v) is 10.7. The summed E-state index contributed by atoms with van der Waals surface area (Å²) in [4.78, 5) is 34.5. The van der Waals surface area contributed by atoms with E-state index in [4.69, 9.17) is 5.73 Å². The van der Waals surface area contributed by atoms with Crippen molar-refractivity contribution in [3.8, 4) is 0 Å². The molecule has 1 saturated carbocycles. The average Bonchev–Trinajstić information content (AvgIpc) is 3.18. The van der Waals surface area contributed by atoms with Crippen LogP contribution in [0.2, 0.25) is 0 Å². The van der Waals surface area contributed by atoms with Crippen molar-refractivity contribution in [3.05, 3.63) is 54.9 Å². The number of nitrogens with two attached hydrogens (primary N) is 1. The molecule has 0 aliphatic heterocycles. The third kappa shape index (κ3) is 4.59. The molecule has 170 valence electrons. The third-order valence-electron chi connectivity index (χ3n) is 6.12. The maximum Gasteiger partial charge on any atom is 0.273 e. The van der Waals surface area contributed by atoms with Crippen LogP contribution in [-0.4, -0.2) is 51.1 Å². The first-order chi connectivity index (χ1) is 15.9. The van der Waals surface area contributed by atoms with Gasteiger partial charge in [0, 0.05) is 36.4 Å². The molecule has 3 aromatic rings. The van der Waals surface area contributed by atoms with Gasteiger partial charge in [-0.25, -0.2) is 0 Å². The Labute approximate surface area is 191 Å². The predicted molar refractivity (Wildman–Crippen MR) is 126 cm³/mol. The summed E-state index contributed by atoms with van der Waals surface area (Å²) < 4.78 is 0. The standard InChI is InChI=1S/C23H26N8O2/c1-4-19(32)27-16-9-10-18(13(16)2)31(3)23-28-22(20(21(24)33)29-30-23)26-15-7-8-17-14(12-15)6-5-11-25-17/h4-8,11-13,16,18H,1,9-10H2,2-3H3,(H2,24,33)(H,27,32)(H,26,28,30)/t13-,16?,18+/m0/s1. The topological polar surface area (TPSA) is 139 Å². The fourth-order valence-corrected chi connectivity index (χ4v) is 4.29. The molecule has 1 unspecified atom stereocenters. The zero-order chi connectivity index (χ0) is 23.5. The second-order valence-corrected chi connectivity index (χ2v) is 8.14. The summed E-state index contributed by atoms with van der Waals surface area (Å²) >= 11 is 0. The summed E-state index contributed by atoms with van der Waals surface area (Å²) in [6.45, 7) is 5.59. The summed E-state index contributed by atoms with van der Waals surface area (Å²) in [5.41, 5.74) is 7.04. The summed E-state index contributed by atoms with van der Waals surface area (Å²) in [5.74, 6) is -0.170. The second kappa shape index (κ2) is 9.19. The minimum absolute atomic E-state index is 0.0320. The van der Waals surface area contributed by atoms with Gasteiger partial charge in [0.05, 0.1) is 5.52 Å². The van der Waals surface area contributed by atoms with E-state index in [1.807, 2.05) is 42.3 Å². The van der Waals surface area contributed by atoms with Gasteiger partial charge in [-0.15, -0.1) is 10.2 Å². The fraction of sp³-hybridized carbons (Fsp3) is 0.304. The molecule has 1 aliphatic carbocycles. The Morgan fingerprint density at radius 2 is 2.06 bits per heavy atom. The number of hydrogen-bond acceptors (Lipinski definition) is 8. The monoisotopic (exact) mass is 446 g/mol. The number of aromatic nitrogens is 4. The van der Waals surface area contributed by atoms with Crippen LogP contribution in [0, 0.1) is 5.92 Å². The number of amides is 2. The number of pyridine rings is 1. The first kappa shape index (κ1) is 22.1. The Morgan fingerprint density at radius 3 is 2.82 bits per heavy atom. The van der Waals surface area contributed by atoms with Gasteiger partial charge in [-0.05, 0) is 49.1 Å². The van der Waals surface area contributed by atoms with Gasteiger partial charge in [-0.3, -0.25) is 14.6 Å². The Balaban J connectivity index is 1.59. The van der Waals surface area contributed by atoms with Crippen molar-refractivity contribution in [1.82, 2.24) is 25.5 Å². The number of benzene rings is 1. The van der Waals surface area contributed by atoms with E-state index in [1.54, 1.807) is 6.20 Å². The van der Waals surface area contributed by atoms with Gasteiger partial charge in [0.2, 0.25) is 11.9 Å². The second-order valence-electron chi connectivity index (χ2n) is 8.14. The van der Waals surface area contributed by atoms with Gasteiger partial charge in [-0.2, -0.15) is 4.98 Å². The van der Waals surface area contributed by atoms with E-state index in [0.717, 1.165) is 23.7 Å². The summed E-state index contributed by atoms with van der Waals surface area (Å²) in [6.07, 6.45) is 4.69. The first-order valence-electron chi connectivity index (χ1n) is 10.7. The molecule has 0 bridgehead atoms. The molecule has 33 heavy (non-hydrogen) atoms. The quantitative estimate of drug-likeness (QED) is 0.469. The number of nitrogens with one attached hydrogen (secondary N) is 2. The molecule has 0 radical (unpaired) electrons. The minimum Gasteiger partial charge on any atom is -0.364 e. The van der Waals surface area contributed by atoms with Crippen molar-refractivity contribution in [2.24, 2.45) is 11.7 Å². The maximum absolute atomic E-state index is 12.0. The van der Waals surface area contributed by atoms with E-state index < -0.39 is 5.91 Å². The van der Waals surface area contributed by atoms with Crippen molar-refractivity contribution in [3.63, 3.8) is 0 Å². The van der Waals surface area contributed by atoms with Crippen molar-refractivity contribution in [2.45, 2.75) is 31.8 Å². The minimum atomic E-state index is -0.726. The highest BCUT2D eigenvalue weighted by molar-refractivity contribution is 5.96. The largest absolute Gasteiger partial charge is 0.364 e.